The maximum absolute atomic E-state index is 12.6. The first-order valence-corrected chi connectivity index (χ1v) is 9.64. The summed E-state index contributed by atoms with van der Waals surface area (Å²) in [5, 5.41) is 0. The molecule has 0 spiro atoms. The lowest BCUT2D eigenvalue weighted by molar-refractivity contribution is 0.0658. The molecule has 0 aliphatic carbocycles. The quantitative estimate of drug-likeness (QED) is 0.783. The van der Waals surface area contributed by atoms with Gasteiger partial charge in [-0.15, -0.1) is 0 Å². The van der Waals surface area contributed by atoms with E-state index >= 15 is 0 Å². The number of nitrogens with zero attached hydrogens (tertiary/aromatic N) is 4. The zero-order valence-electron chi connectivity index (χ0n) is 16.8. The summed E-state index contributed by atoms with van der Waals surface area (Å²) < 4.78 is 5.63. The number of likely N-dealkylation sites (N-methyl/N-ethyl adjacent to an activating group) is 1. The van der Waals surface area contributed by atoms with Crippen LogP contribution in [0.1, 0.15) is 41.4 Å². The summed E-state index contributed by atoms with van der Waals surface area (Å²) in [5.74, 6) is 0.557. The highest BCUT2D eigenvalue weighted by atomic mass is 16.3. The second-order valence-corrected chi connectivity index (χ2v) is 7.71. The van der Waals surface area contributed by atoms with E-state index in [0.29, 0.717) is 24.2 Å². The Morgan fingerprint density at radius 3 is 2.63 bits per heavy atom. The zero-order valence-corrected chi connectivity index (χ0v) is 16.8. The number of amides is 1. The Hall–Kier alpha value is -2.18. The average molecular weight is 370 g/mol. The van der Waals surface area contributed by atoms with Crippen molar-refractivity contribution in [1.82, 2.24) is 19.7 Å². The third-order valence-electron chi connectivity index (χ3n) is 5.10. The van der Waals surface area contributed by atoms with Crippen molar-refractivity contribution in [2.75, 3.05) is 33.2 Å². The summed E-state index contributed by atoms with van der Waals surface area (Å²) in [6.45, 7) is 11.1. The van der Waals surface area contributed by atoms with Crippen LogP contribution in [0.3, 0.4) is 0 Å². The molecule has 0 saturated carbocycles. The van der Waals surface area contributed by atoms with Gasteiger partial charge in [0.2, 0.25) is 5.89 Å². The van der Waals surface area contributed by atoms with Crippen LogP contribution in [0.15, 0.2) is 34.9 Å². The van der Waals surface area contributed by atoms with Crippen LogP contribution in [-0.2, 0) is 13.1 Å². The number of oxazole rings is 1. The van der Waals surface area contributed by atoms with Gasteiger partial charge in [-0.2, -0.15) is 0 Å². The maximum Gasteiger partial charge on any atom is 0.275 e. The van der Waals surface area contributed by atoms with Crippen LogP contribution in [0.4, 0.5) is 0 Å². The van der Waals surface area contributed by atoms with Gasteiger partial charge in [-0.25, -0.2) is 4.98 Å². The fourth-order valence-corrected chi connectivity index (χ4v) is 3.29. The summed E-state index contributed by atoms with van der Waals surface area (Å²) in [6, 6.07) is 8.87. The van der Waals surface area contributed by atoms with Gasteiger partial charge in [-0.3, -0.25) is 9.69 Å². The zero-order chi connectivity index (χ0) is 19.4. The second kappa shape index (κ2) is 8.67. The molecule has 0 radical (unpaired) electrons. The molecule has 1 saturated heterocycles. The molecule has 0 atom stereocenters. The molecule has 6 nitrogen and oxygen atoms in total. The molecule has 0 bridgehead atoms. The Morgan fingerprint density at radius 1 is 1.22 bits per heavy atom. The molecule has 1 fully saturated rings. The van der Waals surface area contributed by atoms with E-state index in [-0.39, 0.29) is 5.91 Å². The molecule has 1 aromatic heterocycles. The number of piperazine rings is 1. The SMILES string of the molecule is Cc1cccc(CN(Cc2nc(C(=O)N3CCN(C)CC3)co2)C(C)C)c1. The fraction of sp³-hybridized carbons (Fsp3) is 0.524. The molecule has 1 aliphatic rings. The summed E-state index contributed by atoms with van der Waals surface area (Å²) in [7, 11) is 2.07. The summed E-state index contributed by atoms with van der Waals surface area (Å²) in [4.78, 5) is 23.5. The van der Waals surface area contributed by atoms with Crippen LogP contribution in [0.25, 0.3) is 0 Å². The molecule has 0 unspecified atom stereocenters. The van der Waals surface area contributed by atoms with E-state index in [2.05, 4.69) is 66.9 Å². The number of hydrogen-bond donors (Lipinski definition) is 0. The van der Waals surface area contributed by atoms with Crippen LogP contribution < -0.4 is 0 Å². The van der Waals surface area contributed by atoms with Crippen molar-refractivity contribution in [1.29, 1.82) is 0 Å². The van der Waals surface area contributed by atoms with Crippen LogP contribution in [0, 0.1) is 6.92 Å². The van der Waals surface area contributed by atoms with Gasteiger partial charge in [0.1, 0.15) is 6.26 Å². The summed E-state index contributed by atoms with van der Waals surface area (Å²) in [5.41, 5.74) is 2.94. The number of benzene rings is 1. The predicted molar refractivity (Wildman–Crippen MR) is 105 cm³/mol. The third kappa shape index (κ3) is 5.17. The van der Waals surface area contributed by atoms with Crippen LogP contribution in [0.2, 0.25) is 0 Å². The Bertz CT molecular complexity index is 763. The van der Waals surface area contributed by atoms with Gasteiger partial charge < -0.3 is 14.2 Å². The van der Waals surface area contributed by atoms with Gasteiger partial charge in [0.25, 0.3) is 5.91 Å². The molecule has 1 aromatic carbocycles. The van der Waals surface area contributed by atoms with E-state index in [4.69, 9.17) is 4.42 Å². The molecule has 0 N–H and O–H groups in total. The van der Waals surface area contributed by atoms with Crippen molar-refractivity contribution in [3.8, 4) is 0 Å². The molecule has 1 amide bonds. The van der Waals surface area contributed by atoms with Crippen molar-refractivity contribution in [3.63, 3.8) is 0 Å². The lowest BCUT2D eigenvalue weighted by Crippen LogP contribution is -2.47. The van der Waals surface area contributed by atoms with Gasteiger partial charge in [-0.05, 0) is 33.4 Å². The molecular weight excluding hydrogens is 340 g/mol. The van der Waals surface area contributed by atoms with E-state index in [0.717, 1.165) is 32.7 Å². The second-order valence-electron chi connectivity index (χ2n) is 7.71. The minimum Gasteiger partial charge on any atom is -0.447 e. The van der Waals surface area contributed by atoms with Crippen molar-refractivity contribution in [2.24, 2.45) is 0 Å². The Labute approximate surface area is 161 Å². The molecule has 27 heavy (non-hydrogen) atoms. The molecule has 2 heterocycles. The van der Waals surface area contributed by atoms with Gasteiger partial charge in [0.15, 0.2) is 5.69 Å². The predicted octanol–water partition coefficient (Wildman–Crippen LogP) is 2.78. The average Bonchev–Trinajstić information content (AvgIpc) is 3.10. The molecular formula is C21H30N4O2. The number of hydrogen-bond acceptors (Lipinski definition) is 5. The highest BCUT2D eigenvalue weighted by Crippen LogP contribution is 2.15. The monoisotopic (exact) mass is 370 g/mol. The Balaban J connectivity index is 1.64. The molecule has 1 aliphatic heterocycles. The van der Waals surface area contributed by atoms with Gasteiger partial charge in [0.05, 0.1) is 6.54 Å². The topological polar surface area (TPSA) is 52.8 Å². The van der Waals surface area contributed by atoms with Crippen molar-refractivity contribution in [3.05, 3.63) is 53.2 Å². The maximum atomic E-state index is 12.6. The minimum atomic E-state index is -0.0344. The van der Waals surface area contributed by atoms with E-state index in [9.17, 15) is 4.79 Å². The highest BCUT2D eigenvalue weighted by Gasteiger charge is 2.23. The van der Waals surface area contributed by atoms with E-state index in [1.54, 1.807) is 0 Å². The largest absolute Gasteiger partial charge is 0.447 e. The fourth-order valence-electron chi connectivity index (χ4n) is 3.29. The molecule has 2 aromatic rings. The smallest absolute Gasteiger partial charge is 0.275 e. The normalized spacial score (nSPS) is 15.7. The Morgan fingerprint density at radius 2 is 1.96 bits per heavy atom. The highest BCUT2D eigenvalue weighted by molar-refractivity contribution is 5.92. The number of rotatable bonds is 6. The van der Waals surface area contributed by atoms with Crippen LogP contribution in [0.5, 0.6) is 0 Å². The first-order chi connectivity index (χ1) is 12.9. The van der Waals surface area contributed by atoms with Gasteiger partial charge in [0, 0.05) is 38.8 Å². The van der Waals surface area contributed by atoms with Gasteiger partial charge in [-0.1, -0.05) is 29.8 Å². The molecule has 6 heteroatoms. The number of aryl methyl sites for hydroxylation is 1. The standard InChI is InChI=1S/C21H30N4O2/c1-16(2)25(13-18-7-5-6-17(3)12-18)14-20-22-19(15-27-20)21(26)24-10-8-23(4)9-11-24/h5-7,12,15-16H,8-11,13-14H2,1-4H3. The molecule has 3 rings (SSSR count). The summed E-state index contributed by atoms with van der Waals surface area (Å²) >= 11 is 0. The lowest BCUT2D eigenvalue weighted by Gasteiger charge is -2.31. The summed E-state index contributed by atoms with van der Waals surface area (Å²) in [6.07, 6.45) is 1.50. The van der Waals surface area contributed by atoms with Gasteiger partial charge >= 0.3 is 0 Å². The van der Waals surface area contributed by atoms with Crippen molar-refractivity contribution in [2.45, 2.75) is 39.9 Å². The first-order valence-electron chi connectivity index (χ1n) is 9.64. The molecule has 146 valence electrons. The Kier molecular flexibility index (Phi) is 6.29. The van der Waals surface area contributed by atoms with E-state index < -0.39 is 0 Å². The number of aromatic nitrogens is 1. The minimum absolute atomic E-state index is 0.0344. The first kappa shape index (κ1) is 19.6. The number of carbonyl (C=O) groups is 1. The van der Waals surface area contributed by atoms with Crippen molar-refractivity contribution < 1.29 is 9.21 Å². The van der Waals surface area contributed by atoms with Crippen molar-refractivity contribution >= 4 is 5.91 Å². The van der Waals surface area contributed by atoms with Crippen LogP contribution in [-0.4, -0.2) is 64.9 Å². The van der Waals surface area contributed by atoms with Crippen LogP contribution >= 0.6 is 0 Å². The van der Waals surface area contributed by atoms with E-state index in [1.165, 1.54) is 17.4 Å². The third-order valence-corrected chi connectivity index (χ3v) is 5.10. The lowest BCUT2D eigenvalue weighted by atomic mass is 10.1. The number of carbonyl (C=O) groups excluding carboxylic acids is 1. The van der Waals surface area contributed by atoms with E-state index in [1.807, 2.05) is 4.90 Å².